The van der Waals surface area contributed by atoms with Crippen molar-refractivity contribution in [2.75, 3.05) is 47.0 Å². The van der Waals surface area contributed by atoms with Gasteiger partial charge < -0.3 is 173 Å². The first-order chi connectivity index (χ1) is 65.8. The number of amides is 9. The second kappa shape index (κ2) is 43.9. The molecule has 9 heterocycles. The summed E-state index contributed by atoms with van der Waals surface area (Å²) in [6, 6.07) is 1.95. The number of nitrogens with one attached hydrogen (secondary N) is 9. The highest BCUT2D eigenvalue weighted by molar-refractivity contribution is 6.32. The van der Waals surface area contributed by atoms with Crippen LogP contribution in [0.4, 0.5) is 0 Å². The summed E-state index contributed by atoms with van der Waals surface area (Å²) in [6.07, 6.45) is -25.4. The summed E-state index contributed by atoms with van der Waals surface area (Å²) >= 11 is 14.9. The maximum atomic E-state index is 17.2. The van der Waals surface area contributed by atoms with Crippen molar-refractivity contribution >= 4 is 76.4 Å². The molecule has 16 rings (SSSR count). The van der Waals surface area contributed by atoms with Crippen LogP contribution >= 0.6 is 23.2 Å². The Morgan fingerprint density at radius 2 is 1.08 bits per heavy atom. The van der Waals surface area contributed by atoms with Crippen LogP contribution < -0.4 is 77.3 Å². The monoisotopic (exact) mass is 1960 g/mol. The number of carbonyl (C=O) groups is 9. The number of aromatic hydroxyl groups is 4. The van der Waals surface area contributed by atoms with Gasteiger partial charge in [0, 0.05) is 49.6 Å². The van der Waals surface area contributed by atoms with E-state index in [0.29, 0.717) is 25.3 Å². The van der Waals surface area contributed by atoms with Crippen molar-refractivity contribution in [3.8, 4) is 80.1 Å². The Morgan fingerprint density at radius 3 is 1.72 bits per heavy atom. The molecule has 25 N–H and O–H groups in total. The van der Waals surface area contributed by atoms with Gasteiger partial charge in [-0.2, -0.15) is 0 Å². The Hall–Kier alpha value is -12.1. The molecule has 43 nitrogen and oxygen atoms in total. The van der Waals surface area contributed by atoms with E-state index in [0.717, 1.165) is 111 Å². The first-order valence-corrected chi connectivity index (χ1v) is 45.3. The van der Waals surface area contributed by atoms with Gasteiger partial charge in [-0.25, -0.2) is 0 Å². The van der Waals surface area contributed by atoms with Gasteiger partial charge in [0.15, 0.2) is 29.3 Å². The molecule has 0 aliphatic carbocycles. The Labute approximate surface area is 798 Å². The Kier molecular flexibility index (Phi) is 32.4. The quantitative estimate of drug-likeness (QED) is 0.0397. The predicted octanol–water partition coefficient (Wildman–Crippen LogP) is 1.00. The summed E-state index contributed by atoms with van der Waals surface area (Å²) in [5, 5.41) is 184. The lowest BCUT2D eigenvalue weighted by Gasteiger charge is -2.44. The fourth-order valence-electron chi connectivity index (χ4n) is 17.2. The lowest BCUT2D eigenvalue weighted by molar-refractivity contribution is -0.284. The number of halogens is 2. The molecule has 3 fully saturated rings. The fourth-order valence-corrected chi connectivity index (χ4v) is 17.7. The largest absolute Gasteiger partial charge is 0.508 e. The Balaban J connectivity index is 1.05. The van der Waals surface area contributed by atoms with Gasteiger partial charge in [0.05, 0.1) is 29.9 Å². The van der Waals surface area contributed by atoms with Crippen molar-refractivity contribution in [2.24, 2.45) is 11.7 Å². The van der Waals surface area contributed by atoms with Gasteiger partial charge in [0.25, 0.3) is 0 Å². The second-order valence-electron chi connectivity index (χ2n) is 35.3. The van der Waals surface area contributed by atoms with Crippen molar-refractivity contribution in [3.05, 3.63) is 164 Å². The average Bonchev–Trinajstić information content (AvgIpc) is 0.752. The van der Waals surface area contributed by atoms with E-state index in [4.69, 9.17) is 71.6 Å². The van der Waals surface area contributed by atoms with Gasteiger partial charge in [-0.1, -0.05) is 87.0 Å². The molecule has 138 heavy (non-hydrogen) atoms. The van der Waals surface area contributed by atoms with Crippen LogP contribution in [-0.4, -0.2) is 281 Å². The number of aliphatic hydroxyl groups is 10. The third-order valence-electron chi connectivity index (χ3n) is 24.5. The van der Waals surface area contributed by atoms with Gasteiger partial charge >= 0.3 is 0 Å². The van der Waals surface area contributed by atoms with Crippen LogP contribution in [-0.2, 0) is 68.5 Å². The van der Waals surface area contributed by atoms with Crippen LogP contribution in [0.1, 0.15) is 141 Å². The minimum absolute atomic E-state index is 0.0334. The number of phenols is 4. The number of rotatable bonds is 23. The number of nitrogens with two attached hydrogens (primary N) is 1. The molecule has 3 saturated heterocycles. The van der Waals surface area contributed by atoms with E-state index in [1.54, 1.807) is 19.0 Å². The third kappa shape index (κ3) is 22.9. The number of hydrogen-bond donors (Lipinski definition) is 24. The van der Waals surface area contributed by atoms with Crippen LogP contribution in [0.2, 0.25) is 10.0 Å². The highest BCUT2D eigenvalue weighted by Crippen LogP contribution is 2.51. The average molecular weight is 1960 g/mol. The van der Waals surface area contributed by atoms with Gasteiger partial charge in [-0.15, -0.1) is 0 Å². The highest BCUT2D eigenvalue weighted by atomic mass is 35.5. The number of hydrogen-bond acceptors (Lipinski definition) is 34. The van der Waals surface area contributed by atoms with E-state index in [1.165, 1.54) is 30.3 Å². The molecule has 9 aliphatic heterocycles. The first-order valence-electron chi connectivity index (χ1n) is 44.5. The van der Waals surface area contributed by atoms with Crippen LogP contribution in [0.15, 0.2) is 115 Å². The second-order valence-corrected chi connectivity index (χ2v) is 36.1. The van der Waals surface area contributed by atoms with Gasteiger partial charge in [-0.3, -0.25) is 43.2 Å². The zero-order valence-corrected chi connectivity index (χ0v) is 76.4. The standard InChI is InChI=1S/C93H109Cl2N11O32/c1-38(2)11-8-6-7-9-12-65(115)100-73-79(120)76(117)63(36-108)135-92(73)138-83-60-30-45-31-61(83)132-57-20-16-43(28-52(57)95)82(137-91-72(98-39(3)110)78(119)75(116)62(35-107)134-91)74-90(129)104-71(86(125)97-21-10-22-106(4)5)50-33-47(112)34-59(133-93-81(122)80(121)77(118)64(37-109)136-93)66(50)49-27-42(15-17-54(49)113)68(87(126)105-74)102-89(128)70(45)103-88(127)69-44-25-46(111)32-48(26-44)130-58-29-41(14-18-55(58)114)67(96)85(124)99-53(84(123)101-69)24-40-13-19-56(131-60)51(94)23-40/h13-20,23,25-34,38,53,62-64,67-82,91-93,107-109,111-114,116-122H,6-12,21-22,24,35-37,96H2,1-5H3,(H,97,125)(H,98,110)(H,99,124)(H,100,115)(H,101,123)(H,102,128)(H,103,127)(H,104,129)(H,105,126)/t53-,62-,63-,64-,67-,68-,69+,70-,71-,72-,73-,74+,75-,76-,77-,78-,79-,80+,81+,82-,91+,92+,93+/m1/s1. The molecule has 0 radical (unpaired) electrons. The van der Waals surface area contributed by atoms with E-state index < -0.39 is 304 Å². The van der Waals surface area contributed by atoms with Crippen molar-refractivity contribution in [3.63, 3.8) is 0 Å². The maximum absolute atomic E-state index is 17.2. The van der Waals surface area contributed by atoms with Crippen molar-refractivity contribution in [2.45, 2.75) is 213 Å². The third-order valence-corrected chi connectivity index (χ3v) is 25.1. The van der Waals surface area contributed by atoms with Crippen LogP contribution in [0.5, 0.6) is 69.0 Å². The van der Waals surface area contributed by atoms with Gasteiger partial charge in [0.1, 0.15) is 162 Å². The van der Waals surface area contributed by atoms with E-state index in [2.05, 4.69) is 61.7 Å². The summed E-state index contributed by atoms with van der Waals surface area (Å²) in [7, 11) is 3.48. The van der Waals surface area contributed by atoms with Gasteiger partial charge in [0.2, 0.25) is 71.5 Å². The number of benzene rings is 7. The molecule has 7 aromatic rings. The van der Waals surface area contributed by atoms with E-state index in [-0.39, 0.29) is 63.9 Å². The number of nitrogens with zero attached hydrogens (tertiary/aromatic N) is 1. The number of unbranched alkanes of at least 4 members (excludes halogenated alkanes) is 3. The number of ether oxygens (including phenoxy) is 9. The van der Waals surface area contributed by atoms with E-state index in [1.807, 2.05) is 0 Å². The number of phenolic OH excluding ortho intramolecular Hbond substituents is 4. The van der Waals surface area contributed by atoms with E-state index in [9.17, 15) is 85.9 Å². The maximum Gasteiger partial charge on any atom is 0.248 e. The highest BCUT2D eigenvalue weighted by Gasteiger charge is 2.52. The van der Waals surface area contributed by atoms with Gasteiger partial charge in [-0.05, 0) is 157 Å². The van der Waals surface area contributed by atoms with Crippen LogP contribution in [0.25, 0.3) is 11.1 Å². The molecule has 9 aliphatic rings. The zero-order valence-electron chi connectivity index (χ0n) is 74.9. The molecule has 0 spiro atoms. The molecule has 7 aromatic carbocycles. The lowest BCUT2D eigenvalue weighted by Crippen LogP contribution is -2.65. The molecular weight excluding hydrogens is 1850 g/mol. The molecule has 0 saturated carbocycles. The Bertz CT molecular complexity index is 5710. The number of aliphatic hydroxyl groups excluding tert-OH is 10. The minimum Gasteiger partial charge on any atom is -0.508 e. The molecular formula is C93H109Cl2N11O32. The molecule has 23 atom stereocenters. The molecule has 742 valence electrons. The predicted molar refractivity (Wildman–Crippen MR) is 482 cm³/mol. The summed E-state index contributed by atoms with van der Waals surface area (Å²) in [5.74, 6) is -17.6. The number of carbonyl (C=O) groups excluding carboxylic acids is 9. The van der Waals surface area contributed by atoms with Crippen LogP contribution in [0, 0.1) is 5.92 Å². The fraction of sp³-hybridized carbons (Fsp3) is 0.452. The first kappa shape index (κ1) is 102. The summed E-state index contributed by atoms with van der Waals surface area (Å²) in [6.45, 7) is 2.23. The smallest absolute Gasteiger partial charge is 0.248 e. The normalized spacial score (nSPS) is 28.2. The molecule has 9 amide bonds. The van der Waals surface area contributed by atoms with Crippen molar-refractivity contribution in [1.29, 1.82) is 0 Å². The number of fused-ring (bicyclic) bond motifs is 14. The van der Waals surface area contributed by atoms with Crippen LogP contribution in [0.3, 0.4) is 0 Å². The van der Waals surface area contributed by atoms with E-state index >= 15 is 28.8 Å². The summed E-state index contributed by atoms with van der Waals surface area (Å²) in [5.41, 5.74) is 3.43. The Morgan fingerprint density at radius 1 is 0.514 bits per heavy atom. The SMILES string of the molecule is CC(=O)N[C@H]1[C@H](O[C@@H]2c3ccc(c(Cl)c3)Oc3cc4cc(c3O[C@@H]3O[C@H](CO)[C@@H](O)[C@H](O)[C@H]3NC(=O)CCCCCCC(C)C)Oc3ccc(cc3Cl)C[C@H]3NC(=O)[C@H](N)c5ccc(O)c(c5)Oc5cc(O)cc(c5)[C@H](NC3=O)C(=O)N[C@H]4C(=O)N[C@H]3C(=O)N[C@@H]2C(=O)N[C@@H](C(=O)NCCCN(C)C)c2cc(O)cc(O[C@H]4O[C@H](CO)[C@@H](O)[C@H](O)[C@@H]4O)c2-c2cc3ccc2O)O[C@H](CO)[C@@H](O)[C@@H]1O. The van der Waals surface area contributed by atoms with Crippen molar-refractivity contribution < 1.29 is 157 Å². The molecule has 0 unspecified atom stereocenters. The minimum atomic E-state index is -2.52. The summed E-state index contributed by atoms with van der Waals surface area (Å²) in [4.78, 5) is 143. The topological polar surface area (TPSA) is 657 Å². The molecule has 17 bridgehead atoms. The molecule has 45 heteroatoms. The zero-order chi connectivity index (χ0) is 99.3. The summed E-state index contributed by atoms with van der Waals surface area (Å²) < 4.78 is 58.2. The van der Waals surface area contributed by atoms with Crippen molar-refractivity contribution in [1.82, 2.24) is 52.8 Å². The molecule has 0 aromatic heterocycles. The lowest BCUT2D eigenvalue weighted by atomic mass is 9.89.